The van der Waals surface area contributed by atoms with Crippen molar-refractivity contribution in [1.82, 2.24) is 4.90 Å². The number of fused-ring (bicyclic) bond motifs is 5. The van der Waals surface area contributed by atoms with Crippen molar-refractivity contribution in [2.24, 2.45) is 17.8 Å². The maximum absolute atomic E-state index is 14.0. The number of phenolic OH excluding ortho intramolecular Hbond substituents is 1. The van der Waals surface area contributed by atoms with Crippen LogP contribution in [-0.4, -0.2) is 50.4 Å². The summed E-state index contributed by atoms with van der Waals surface area (Å²) in [6.07, 6.45) is 2.03. The predicted molar refractivity (Wildman–Crippen MR) is 150 cm³/mol. The van der Waals surface area contributed by atoms with Crippen LogP contribution in [-0.2, 0) is 19.2 Å². The standard InChI is InChI=1S/C31H24Cl2N2O5/c1-34-28(39)30(32)15-22-19(13-14-20-23(22)27(38)35(26(20)37)17-8-3-2-4-9-17)24(31(30,33)29(34)40)21-12-11-16-7-5-6-10-18(16)25(21)36/h2-13,20,22-24,36H,14-15H2,1H3. The lowest BCUT2D eigenvalue weighted by molar-refractivity contribution is -0.138. The highest BCUT2D eigenvalue weighted by Crippen LogP contribution is 2.66. The van der Waals surface area contributed by atoms with Crippen LogP contribution in [0.5, 0.6) is 5.75 Å². The van der Waals surface area contributed by atoms with Gasteiger partial charge in [-0.3, -0.25) is 29.0 Å². The number of aromatic hydroxyl groups is 1. The molecule has 7 rings (SSSR count). The number of anilines is 1. The lowest BCUT2D eigenvalue weighted by Gasteiger charge is -2.50. The molecule has 3 aromatic rings. The number of nitrogens with zero attached hydrogens (tertiary/aromatic N) is 2. The molecule has 9 heteroatoms. The Bertz CT molecular complexity index is 1690. The molecule has 4 aliphatic rings. The molecule has 1 N–H and O–H groups in total. The maximum Gasteiger partial charge on any atom is 0.253 e. The van der Waals surface area contributed by atoms with Gasteiger partial charge in [-0.25, -0.2) is 0 Å². The first-order chi connectivity index (χ1) is 19.1. The van der Waals surface area contributed by atoms with E-state index in [1.165, 1.54) is 11.9 Å². The number of carbonyl (C=O) groups excluding carboxylic acids is 4. The molecule has 0 bridgehead atoms. The highest BCUT2D eigenvalue weighted by molar-refractivity contribution is 6.53. The summed E-state index contributed by atoms with van der Waals surface area (Å²) in [7, 11) is 1.34. The van der Waals surface area contributed by atoms with Crippen molar-refractivity contribution < 1.29 is 24.3 Å². The summed E-state index contributed by atoms with van der Waals surface area (Å²) >= 11 is 14.4. The fraction of sp³-hybridized carbons (Fsp3) is 0.290. The molecule has 2 saturated heterocycles. The van der Waals surface area contributed by atoms with Gasteiger partial charge >= 0.3 is 0 Å². The van der Waals surface area contributed by atoms with Gasteiger partial charge in [0.15, 0.2) is 9.75 Å². The number of likely N-dealkylation sites (tertiary alicyclic amines) is 1. The highest BCUT2D eigenvalue weighted by Gasteiger charge is 2.76. The number of amides is 4. The summed E-state index contributed by atoms with van der Waals surface area (Å²) in [6.45, 7) is 0. The predicted octanol–water partition coefficient (Wildman–Crippen LogP) is 4.74. The van der Waals surface area contributed by atoms with Gasteiger partial charge in [0.05, 0.1) is 17.5 Å². The van der Waals surface area contributed by atoms with Gasteiger partial charge in [0.1, 0.15) is 5.75 Å². The average molecular weight is 575 g/mol. The molecule has 3 fully saturated rings. The van der Waals surface area contributed by atoms with Gasteiger partial charge in [0.25, 0.3) is 11.8 Å². The van der Waals surface area contributed by atoms with Crippen LogP contribution in [0.1, 0.15) is 24.3 Å². The number of rotatable bonds is 2. The van der Waals surface area contributed by atoms with E-state index in [-0.39, 0.29) is 30.4 Å². The van der Waals surface area contributed by atoms with Crippen LogP contribution in [0.15, 0.2) is 78.4 Å². The van der Waals surface area contributed by atoms with Gasteiger partial charge in [-0.2, -0.15) is 0 Å². The Balaban J connectivity index is 1.44. The molecule has 2 heterocycles. The minimum atomic E-state index is -1.94. The van der Waals surface area contributed by atoms with E-state index >= 15 is 0 Å². The fourth-order valence-corrected chi connectivity index (χ4v) is 8.44. The van der Waals surface area contributed by atoms with Gasteiger partial charge in [-0.05, 0) is 36.3 Å². The summed E-state index contributed by atoms with van der Waals surface area (Å²) in [5.41, 5.74) is 1.47. The van der Waals surface area contributed by atoms with Gasteiger partial charge < -0.3 is 5.11 Å². The molecule has 40 heavy (non-hydrogen) atoms. The van der Waals surface area contributed by atoms with E-state index in [1.54, 1.807) is 48.5 Å². The number of para-hydroxylation sites is 1. The van der Waals surface area contributed by atoms with Crippen molar-refractivity contribution in [3.63, 3.8) is 0 Å². The Hall–Kier alpha value is -3.68. The number of carbonyl (C=O) groups is 4. The number of halogens is 2. The van der Waals surface area contributed by atoms with E-state index in [1.807, 2.05) is 24.3 Å². The van der Waals surface area contributed by atoms with Crippen molar-refractivity contribution in [3.8, 4) is 5.75 Å². The molecule has 2 aliphatic heterocycles. The van der Waals surface area contributed by atoms with Gasteiger partial charge in [0, 0.05) is 23.9 Å². The first-order valence-electron chi connectivity index (χ1n) is 13.1. The third kappa shape index (κ3) is 2.97. The topological polar surface area (TPSA) is 95.0 Å². The van der Waals surface area contributed by atoms with Crippen LogP contribution in [0.3, 0.4) is 0 Å². The first kappa shape index (κ1) is 25.3. The minimum absolute atomic E-state index is 0.0691. The van der Waals surface area contributed by atoms with Crippen LogP contribution >= 0.6 is 23.2 Å². The molecule has 7 nitrogen and oxygen atoms in total. The molecule has 0 radical (unpaired) electrons. The smallest absolute Gasteiger partial charge is 0.253 e. The van der Waals surface area contributed by atoms with E-state index in [0.29, 0.717) is 22.2 Å². The zero-order valence-corrected chi connectivity index (χ0v) is 22.9. The second-order valence-corrected chi connectivity index (χ2v) is 12.3. The number of allylic oxidation sites excluding steroid dienone is 2. The fourth-order valence-electron chi connectivity index (χ4n) is 7.43. The van der Waals surface area contributed by atoms with Crippen LogP contribution in [0.4, 0.5) is 5.69 Å². The quantitative estimate of drug-likeness (QED) is 0.271. The molecule has 6 atom stereocenters. The van der Waals surface area contributed by atoms with E-state index in [4.69, 9.17) is 23.2 Å². The summed E-state index contributed by atoms with van der Waals surface area (Å²) in [4.78, 5) is 53.2. The monoisotopic (exact) mass is 574 g/mol. The largest absolute Gasteiger partial charge is 0.507 e. The highest BCUT2D eigenvalue weighted by atomic mass is 35.5. The first-order valence-corrected chi connectivity index (χ1v) is 13.9. The SMILES string of the molecule is CN1C(=O)C2(Cl)CC3C(=CCC4C(=O)N(c5ccccc5)C(=O)C43)C(c3ccc4ccccc4c3O)C2(Cl)C1=O. The molecular formula is C31H24Cl2N2O5. The summed E-state index contributed by atoms with van der Waals surface area (Å²) in [5, 5.41) is 12.9. The molecule has 0 spiro atoms. The number of benzene rings is 3. The van der Waals surface area contributed by atoms with E-state index < -0.39 is 45.2 Å². The lowest BCUT2D eigenvalue weighted by atomic mass is 9.56. The van der Waals surface area contributed by atoms with Crippen molar-refractivity contribution in [2.45, 2.75) is 28.5 Å². The normalized spacial score (nSPS) is 33.2. The van der Waals surface area contributed by atoms with Crippen LogP contribution < -0.4 is 4.90 Å². The van der Waals surface area contributed by atoms with Gasteiger partial charge in [-0.15, -0.1) is 23.2 Å². The molecular weight excluding hydrogens is 551 g/mol. The number of imide groups is 2. The second-order valence-electron chi connectivity index (χ2n) is 11.1. The summed E-state index contributed by atoms with van der Waals surface area (Å²) in [6, 6.07) is 19.5. The van der Waals surface area contributed by atoms with Crippen LogP contribution in [0, 0.1) is 17.8 Å². The minimum Gasteiger partial charge on any atom is -0.507 e. The van der Waals surface area contributed by atoms with Gasteiger partial charge in [0.2, 0.25) is 11.8 Å². The Morgan fingerprint density at radius 3 is 2.30 bits per heavy atom. The van der Waals surface area contributed by atoms with E-state index in [0.717, 1.165) is 10.3 Å². The average Bonchev–Trinajstić information content (AvgIpc) is 3.29. The number of hydrogen-bond donors (Lipinski definition) is 1. The second kappa shape index (κ2) is 8.41. The van der Waals surface area contributed by atoms with Gasteiger partial charge in [-0.1, -0.05) is 66.2 Å². The summed E-state index contributed by atoms with van der Waals surface area (Å²) < 4.78 is 0. The third-order valence-electron chi connectivity index (χ3n) is 9.27. The lowest BCUT2D eigenvalue weighted by Crippen LogP contribution is -2.60. The number of alkyl halides is 2. The molecule has 6 unspecified atom stereocenters. The molecule has 2 aliphatic carbocycles. The number of hydrogen-bond acceptors (Lipinski definition) is 5. The van der Waals surface area contributed by atoms with Crippen molar-refractivity contribution in [1.29, 1.82) is 0 Å². The molecule has 1 saturated carbocycles. The van der Waals surface area contributed by atoms with Crippen LogP contribution in [0.2, 0.25) is 0 Å². The molecule has 3 aromatic carbocycles. The molecule has 0 aromatic heterocycles. The number of phenols is 1. The molecule has 4 amide bonds. The van der Waals surface area contributed by atoms with Crippen molar-refractivity contribution in [2.75, 3.05) is 11.9 Å². The molecule has 202 valence electrons. The zero-order chi connectivity index (χ0) is 28.1. The van der Waals surface area contributed by atoms with E-state index in [9.17, 15) is 24.3 Å². The van der Waals surface area contributed by atoms with E-state index in [2.05, 4.69) is 0 Å². The van der Waals surface area contributed by atoms with Crippen molar-refractivity contribution >= 4 is 63.3 Å². The summed E-state index contributed by atoms with van der Waals surface area (Å²) in [5.74, 6) is -5.14. The van der Waals surface area contributed by atoms with Crippen molar-refractivity contribution in [3.05, 3.63) is 83.9 Å². The Kier molecular flexibility index (Phi) is 5.32. The maximum atomic E-state index is 14.0. The zero-order valence-electron chi connectivity index (χ0n) is 21.4. The Labute approximate surface area is 239 Å². The third-order valence-corrected chi connectivity index (χ3v) is 10.7. The van der Waals surface area contributed by atoms with Crippen LogP contribution in [0.25, 0.3) is 10.8 Å². The Morgan fingerprint density at radius 1 is 0.850 bits per heavy atom. The Morgan fingerprint density at radius 2 is 1.55 bits per heavy atom.